The van der Waals surface area contributed by atoms with Gasteiger partial charge in [0.05, 0.1) is 18.2 Å². The second-order valence-electron chi connectivity index (χ2n) is 4.16. The van der Waals surface area contributed by atoms with E-state index in [9.17, 15) is 9.59 Å². The van der Waals surface area contributed by atoms with Gasteiger partial charge in [0.15, 0.2) is 0 Å². The fourth-order valence-corrected chi connectivity index (χ4v) is 1.91. The molecule has 2 amide bonds. The molecule has 0 spiro atoms. The Balaban J connectivity index is 2.62. The van der Waals surface area contributed by atoms with Crippen molar-refractivity contribution < 1.29 is 19.4 Å². The van der Waals surface area contributed by atoms with Gasteiger partial charge in [-0.1, -0.05) is 0 Å². The molecule has 1 aromatic rings. The number of benzene rings is 1. The van der Waals surface area contributed by atoms with E-state index in [1.807, 2.05) is 13.8 Å². The largest absolute Gasteiger partial charge is 0.478 e. The highest BCUT2D eigenvalue weighted by atomic mass is 79.9. The summed E-state index contributed by atoms with van der Waals surface area (Å²) in [4.78, 5) is 22.7. The van der Waals surface area contributed by atoms with Gasteiger partial charge in [0, 0.05) is 16.8 Å². The topological polar surface area (TPSA) is 87.7 Å². The Morgan fingerprint density at radius 3 is 2.75 bits per heavy atom. The summed E-state index contributed by atoms with van der Waals surface area (Å²) in [5, 5.41) is 14.3. The normalized spacial score (nSPS) is 11.8. The SMILES string of the molecule is CCOCC(C)NC(=O)Nc1ccc(Br)c(C(=O)O)c1. The predicted molar refractivity (Wildman–Crippen MR) is 79.2 cm³/mol. The molecule has 110 valence electrons. The highest BCUT2D eigenvalue weighted by Gasteiger charge is 2.11. The van der Waals surface area contributed by atoms with Crippen molar-refractivity contribution in [2.24, 2.45) is 0 Å². The molecule has 0 aliphatic heterocycles. The average Bonchev–Trinajstić information content (AvgIpc) is 2.38. The predicted octanol–water partition coefficient (Wildman–Crippen LogP) is 2.69. The summed E-state index contributed by atoms with van der Waals surface area (Å²) in [7, 11) is 0. The molecule has 20 heavy (non-hydrogen) atoms. The number of urea groups is 1. The van der Waals surface area contributed by atoms with E-state index in [0.717, 1.165) is 0 Å². The lowest BCUT2D eigenvalue weighted by molar-refractivity contribution is 0.0696. The zero-order valence-electron chi connectivity index (χ0n) is 11.3. The van der Waals surface area contributed by atoms with Gasteiger partial charge in [-0.15, -0.1) is 0 Å². The number of rotatable bonds is 6. The number of carbonyl (C=O) groups excluding carboxylic acids is 1. The molecular formula is C13H17BrN2O4. The number of carbonyl (C=O) groups is 2. The fraction of sp³-hybridized carbons (Fsp3) is 0.385. The van der Waals surface area contributed by atoms with Crippen molar-refractivity contribution in [3.05, 3.63) is 28.2 Å². The third-order valence-electron chi connectivity index (χ3n) is 2.40. The molecule has 1 rings (SSSR count). The van der Waals surface area contributed by atoms with Crippen molar-refractivity contribution in [2.45, 2.75) is 19.9 Å². The molecule has 6 nitrogen and oxygen atoms in total. The Morgan fingerprint density at radius 2 is 2.15 bits per heavy atom. The summed E-state index contributed by atoms with van der Waals surface area (Å²) in [5.41, 5.74) is 0.497. The van der Waals surface area contributed by atoms with Gasteiger partial charge in [0.25, 0.3) is 0 Å². The maximum Gasteiger partial charge on any atom is 0.336 e. The molecule has 0 fully saturated rings. The van der Waals surface area contributed by atoms with E-state index >= 15 is 0 Å². The van der Waals surface area contributed by atoms with Crippen LogP contribution in [0.25, 0.3) is 0 Å². The Bertz CT molecular complexity index is 493. The lowest BCUT2D eigenvalue weighted by Crippen LogP contribution is -2.38. The van der Waals surface area contributed by atoms with Gasteiger partial charge in [-0.05, 0) is 48.0 Å². The molecule has 0 bridgehead atoms. The molecule has 3 N–H and O–H groups in total. The Morgan fingerprint density at radius 1 is 1.45 bits per heavy atom. The highest BCUT2D eigenvalue weighted by molar-refractivity contribution is 9.10. The van der Waals surface area contributed by atoms with Crippen LogP contribution in [0.1, 0.15) is 24.2 Å². The second kappa shape index (κ2) is 7.86. The van der Waals surface area contributed by atoms with Gasteiger partial charge >= 0.3 is 12.0 Å². The van der Waals surface area contributed by atoms with Crippen LogP contribution in [0.3, 0.4) is 0 Å². The lowest BCUT2D eigenvalue weighted by Gasteiger charge is -2.14. The van der Waals surface area contributed by atoms with Gasteiger partial charge in [-0.2, -0.15) is 0 Å². The molecule has 0 radical (unpaired) electrons. The summed E-state index contributed by atoms with van der Waals surface area (Å²) >= 11 is 3.14. The highest BCUT2D eigenvalue weighted by Crippen LogP contribution is 2.21. The fourth-order valence-electron chi connectivity index (χ4n) is 1.49. The van der Waals surface area contributed by atoms with Crippen molar-refractivity contribution in [3.8, 4) is 0 Å². The number of carboxylic acids is 1. The number of halogens is 1. The van der Waals surface area contributed by atoms with Gasteiger partial charge in [-0.25, -0.2) is 9.59 Å². The molecule has 0 aliphatic carbocycles. The van der Waals surface area contributed by atoms with Gasteiger partial charge in [0.1, 0.15) is 0 Å². The van der Waals surface area contributed by atoms with E-state index in [0.29, 0.717) is 23.4 Å². The third-order valence-corrected chi connectivity index (χ3v) is 3.10. The Labute approximate surface area is 125 Å². The lowest BCUT2D eigenvalue weighted by atomic mass is 10.2. The number of nitrogens with one attached hydrogen (secondary N) is 2. The molecule has 0 saturated carbocycles. The van der Waals surface area contributed by atoms with E-state index < -0.39 is 12.0 Å². The third kappa shape index (κ3) is 5.18. The van der Waals surface area contributed by atoms with Crippen molar-refractivity contribution in [3.63, 3.8) is 0 Å². The number of hydrogen-bond acceptors (Lipinski definition) is 3. The first-order valence-electron chi connectivity index (χ1n) is 6.12. The summed E-state index contributed by atoms with van der Waals surface area (Å²) < 4.78 is 5.65. The van der Waals surface area contributed by atoms with E-state index in [4.69, 9.17) is 9.84 Å². The van der Waals surface area contributed by atoms with Crippen LogP contribution >= 0.6 is 15.9 Å². The van der Waals surface area contributed by atoms with Crippen LogP contribution in [0.5, 0.6) is 0 Å². The number of ether oxygens (including phenoxy) is 1. The number of amides is 2. The number of aromatic carboxylic acids is 1. The smallest absolute Gasteiger partial charge is 0.336 e. The number of anilines is 1. The zero-order chi connectivity index (χ0) is 15.1. The van der Waals surface area contributed by atoms with Crippen molar-refractivity contribution in [1.29, 1.82) is 0 Å². The first-order chi connectivity index (χ1) is 9.43. The van der Waals surface area contributed by atoms with Crippen molar-refractivity contribution in [1.82, 2.24) is 5.32 Å². The van der Waals surface area contributed by atoms with Crippen LogP contribution in [0.15, 0.2) is 22.7 Å². The van der Waals surface area contributed by atoms with Crippen molar-refractivity contribution in [2.75, 3.05) is 18.5 Å². The minimum atomic E-state index is -1.06. The van der Waals surface area contributed by atoms with Gasteiger partial charge in [-0.3, -0.25) is 0 Å². The monoisotopic (exact) mass is 344 g/mol. The molecule has 0 saturated heterocycles. The first-order valence-corrected chi connectivity index (χ1v) is 6.91. The van der Waals surface area contributed by atoms with Crippen LogP contribution in [0.2, 0.25) is 0 Å². The number of hydrogen-bond donors (Lipinski definition) is 3. The van der Waals surface area contributed by atoms with Crippen LogP contribution in [0.4, 0.5) is 10.5 Å². The molecule has 1 atom stereocenters. The molecule has 0 aliphatic rings. The minimum Gasteiger partial charge on any atom is -0.478 e. The summed E-state index contributed by atoms with van der Waals surface area (Å²) in [6, 6.07) is 4.03. The van der Waals surface area contributed by atoms with E-state index in [1.54, 1.807) is 12.1 Å². The second-order valence-corrected chi connectivity index (χ2v) is 5.01. The average molecular weight is 345 g/mol. The zero-order valence-corrected chi connectivity index (χ0v) is 12.9. The summed E-state index contributed by atoms with van der Waals surface area (Å²) in [6.07, 6.45) is 0. The Hall–Kier alpha value is -1.60. The summed E-state index contributed by atoms with van der Waals surface area (Å²) in [5.74, 6) is -1.06. The summed E-state index contributed by atoms with van der Waals surface area (Å²) in [6.45, 7) is 4.70. The van der Waals surface area contributed by atoms with E-state index in [1.165, 1.54) is 6.07 Å². The molecule has 1 aromatic carbocycles. The Kier molecular flexibility index (Phi) is 6.47. The quantitative estimate of drug-likeness (QED) is 0.740. The van der Waals surface area contributed by atoms with Crippen LogP contribution in [0, 0.1) is 0 Å². The molecule has 0 heterocycles. The van der Waals surface area contributed by atoms with E-state index in [-0.39, 0.29) is 11.6 Å². The minimum absolute atomic E-state index is 0.0881. The molecular weight excluding hydrogens is 328 g/mol. The van der Waals surface area contributed by atoms with Gasteiger partial charge in [0.2, 0.25) is 0 Å². The number of carboxylic acid groups (broad SMARTS) is 1. The molecule has 0 aromatic heterocycles. The molecule has 1 unspecified atom stereocenters. The first kappa shape index (κ1) is 16.5. The van der Waals surface area contributed by atoms with Gasteiger partial charge < -0.3 is 20.5 Å². The van der Waals surface area contributed by atoms with E-state index in [2.05, 4.69) is 26.6 Å². The molecule has 7 heteroatoms. The standard InChI is InChI=1S/C13H17BrN2O4/c1-3-20-7-8(2)15-13(19)16-9-4-5-11(14)10(6-9)12(17)18/h4-6,8H,3,7H2,1-2H3,(H,17,18)(H2,15,16,19). The maximum absolute atomic E-state index is 11.7. The van der Waals surface area contributed by atoms with Crippen LogP contribution < -0.4 is 10.6 Å². The maximum atomic E-state index is 11.7. The van der Waals surface area contributed by atoms with Crippen LogP contribution in [-0.2, 0) is 4.74 Å². The van der Waals surface area contributed by atoms with Crippen molar-refractivity contribution >= 4 is 33.6 Å². The van der Waals surface area contributed by atoms with Crippen LogP contribution in [-0.4, -0.2) is 36.4 Å².